The number of hydrogen-bond acceptors (Lipinski definition) is 4. The third-order valence-corrected chi connectivity index (χ3v) is 8.70. The lowest BCUT2D eigenvalue weighted by atomic mass is 9.60. The van der Waals surface area contributed by atoms with Crippen molar-refractivity contribution in [3.63, 3.8) is 0 Å². The van der Waals surface area contributed by atoms with Gasteiger partial charge in [-0.1, -0.05) is 12.1 Å². The van der Waals surface area contributed by atoms with Gasteiger partial charge in [0.25, 0.3) is 0 Å². The number of hydrogen-bond donors (Lipinski definition) is 2. The van der Waals surface area contributed by atoms with Crippen molar-refractivity contribution in [3.8, 4) is 5.75 Å². The Hall–Kier alpha value is -1.10. The SMILES string of the molecule is c1cc2c(cc1C1CC3CN(C4CC5(CCNCC5)C4)CC3C1)CNCCO2. The van der Waals surface area contributed by atoms with Gasteiger partial charge in [0, 0.05) is 37.8 Å². The zero-order chi connectivity index (χ0) is 18.6. The van der Waals surface area contributed by atoms with Crippen LogP contribution in [0.5, 0.6) is 5.75 Å². The number of nitrogens with zero attached hydrogens (tertiary/aromatic N) is 1. The summed E-state index contributed by atoms with van der Waals surface area (Å²) in [6.45, 7) is 7.93. The molecule has 4 heteroatoms. The quantitative estimate of drug-likeness (QED) is 0.825. The van der Waals surface area contributed by atoms with Crippen LogP contribution < -0.4 is 15.4 Å². The number of benzene rings is 1. The van der Waals surface area contributed by atoms with Crippen LogP contribution in [0.1, 0.15) is 55.6 Å². The molecule has 3 heterocycles. The monoisotopic (exact) mass is 381 g/mol. The Kier molecular flexibility index (Phi) is 4.43. The Morgan fingerprint density at radius 2 is 1.75 bits per heavy atom. The van der Waals surface area contributed by atoms with Crippen LogP contribution in [0.3, 0.4) is 0 Å². The summed E-state index contributed by atoms with van der Waals surface area (Å²) < 4.78 is 5.87. The maximum Gasteiger partial charge on any atom is 0.123 e. The Labute approximate surface area is 169 Å². The van der Waals surface area contributed by atoms with Crippen LogP contribution in [0.25, 0.3) is 0 Å². The molecule has 0 amide bonds. The highest BCUT2D eigenvalue weighted by Gasteiger charge is 2.50. The number of piperidine rings is 1. The van der Waals surface area contributed by atoms with Crippen molar-refractivity contribution in [1.29, 1.82) is 0 Å². The first-order valence-corrected chi connectivity index (χ1v) is 11.7. The first kappa shape index (κ1) is 17.7. The van der Waals surface area contributed by atoms with E-state index in [0.29, 0.717) is 5.41 Å². The van der Waals surface area contributed by atoms with E-state index in [4.69, 9.17) is 4.74 Å². The van der Waals surface area contributed by atoms with Crippen LogP contribution in [0, 0.1) is 17.3 Å². The van der Waals surface area contributed by atoms with E-state index in [0.717, 1.165) is 49.2 Å². The van der Waals surface area contributed by atoms with E-state index in [1.807, 2.05) is 0 Å². The molecule has 3 aliphatic heterocycles. The number of fused-ring (bicyclic) bond motifs is 2. The lowest BCUT2D eigenvalue weighted by Crippen LogP contribution is -2.54. The Morgan fingerprint density at radius 3 is 2.54 bits per heavy atom. The van der Waals surface area contributed by atoms with Gasteiger partial charge in [-0.3, -0.25) is 4.90 Å². The lowest BCUT2D eigenvalue weighted by molar-refractivity contribution is -0.0141. The smallest absolute Gasteiger partial charge is 0.123 e. The lowest BCUT2D eigenvalue weighted by Gasteiger charge is -2.53. The van der Waals surface area contributed by atoms with Gasteiger partial charge in [0.1, 0.15) is 12.4 Å². The van der Waals surface area contributed by atoms with Gasteiger partial charge in [0.05, 0.1) is 0 Å². The molecule has 28 heavy (non-hydrogen) atoms. The fraction of sp³-hybridized carbons (Fsp3) is 0.750. The van der Waals surface area contributed by atoms with Crippen molar-refractivity contribution < 1.29 is 4.74 Å². The Morgan fingerprint density at radius 1 is 0.964 bits per heavy atom. The van der Waals surface area contributed by atoms with Crippen molar-refractivity contribution >= 4 is 0 Å². The second-order valence-electron chi connectivity index (χ2n) is 10.3. The van der Waals surface area contributed by atoms with Crippen molar-refractivity contribution in [1.82, 2.24) is 15.5 Å². The zero-order valence-corrected chi connectivity index (χ0v) is 17.1. The molecule has 0 bridgehead atoms. The topological polar surface area (TPSA) is 36.5 Å². The largest absolute Gasteiger partial charge is 0.492 e. The summed E-state index contributed by atoms with van der Waals surface area (Å²) in [5.74, 6) is 3.73. The summed E-state index contributed by atoms with van der Waals surface area (Å²) in [5, 5.41) is 7.02. The first-order valence-electron chi connectivity index (χ1n) is 11.7. The predicted octanol–water partition coefficient (Wildman–Crippen LogP) is 3.13. The molecule has 1 spiro atoms. The number of ether oxygens (including phenoxy) is 1. The summed E-state index contributed by atoms with van der Waals surface area (Å²) in [6.07, 6.45) is 8.60. The molecule has 6 rings (SSSR count). The molecule has 0 radical (unpaired) electrons. The molecule has 1 aromatic rings. The Balaban J connectivity index is 1.07. The van der Waals surface area contributed by atoms with Gasteiger partial charge < -0.3 is 15.4 Å². The van der Waals surface area contributed by atoms with Crippen LogP contribution >= 0.6 is 0 Å². The molecule has 4 fully saturated rings. The predicted molar refractivity (Wildman–Crippen MR) is 112 cm³/mol. The maximum absolute atomic E-state index is 5.87. The van der Waals surface area contributed by atoms with Gasteiger partial charge in [-0.2, -0.15) is 0 Å². The summed E-state index contributed by atoms with van der Waals surface area (Å²) >= 11 is 0. The van der Waals surface area contributed by atoms with E-state index in [1.54, 1.807) is 5.56 Å². The molecule has 5 aliphatic rings. The number of nitrogens with one attached hydrogen (secondary N) is 2. The molecule has 2 aliphatic carbocycles. The summed E-state index contributed by atoms with van der Waals surface area (Å²) in [5.41, 5.74) is 3.63. The molecule has 4 nitrogen and oxygen atoms in total. The number of rotatable bonds is 2. The molecule has 2 N–H and O–H groups in total. The molecule has 2 unspecified atom stereocenters. The van der Waals surface area contributed by atoms with Gasteiger partial charge in [-0.05, 0) is 86.4 Å². The van der Waals surface area contributed by atoms with E-state index in [1.165, 1.54) is 70.3 Å². The van der Waals surface area contributed by atoms with Gasteiger partial charge in [0.15, 0.2) is 0 Å². The van der Waals surface area contributed by atoms with Crippen molar-refractivity contribution in [3.05, 3.63) is 29.3 Å². The van der Waals surface area contributed by atoms with Gasteiger partial charge in [-0.15, -0.1) is 0 Å². The first-order chi connectivity index (χ1) is 13.8. The minimum atomic E-state index is 0.716. The van der Waals surface area contributed by atoms with E-state index >= 15 is 0 Å². The second-order valence-corrected chi connectivity index (χ2v) is 10.3. The fourth-order valence-corrected chi connectivity index (χ4v) is 7.06. The maximum atomic E-state index is 5.87. The third-order valence-electron chi connectivity index (χ3n) is 8.70. The molecule has 1 aromatic carbocycles. The molecule has 152 valence electrons. The molecular weight excluding hydrogens is 346 g/mol. The Bertz CT molecular complexity index is 707. The van der Waals surface area contributed by atoms with E-state index < -0.39 is 0 Å². The van der Waals surface area contributed by atoms with E-state index in [9.17, 15) is 0 Å². The summed E-state index contributed by atoms with van der Waals surface area (Å²) in [4.78, 5) is 2.88. The highest BCUT2D eigenvalue weighted by Crippen LogP contribution is 2.53. The zero-order valence-electron chi connectivity index (χ0n) is 17.1. The standard InChI is InChI=1S/C24H35N3O/c1-2-23-19(14-26-7-8-28-23)9-17(1)18-10-20-15-27(16-21(20)11-18)22-12-24(13-22)3-5-25-6-4-24/h1-2,9,18,20-22,25-26H,3-8,10-16H2. The van der Waals surface area contributed by atoms with Crippen molar-refractivity contribution in [2.75, 3.05) is 39.3 Å². The summed E-state index contributed by atoms with van der Waals surface area (Å²) in [7, 11) is 0. The average Bonchev–Trinajstić information content (AvgIpc) is 3.17. The van der Waals surface area contributed by atoms with Gasteiger partial charge in [0.2, 0.25) is 0 Å². The van der Waals surface area contributed by atoms with Crippen LogP contribution in [0.4, 0.5) is 0 Å². The highest BCUT2D eigenvalue weighted by atomic mass is 16.5. The molecular formula is C24H35N3O. The minimum absolute atomic E-state index is 0.716. The molecule has 2 atom stereocenters. The van der Waals surface area contributed by atoms with Crippen LogP contribution in [-0.2, 0) is 6.54 Å². The second kappa shape index (κ2) is 7.00. The molecule has 2 saturated carbocycles. The summed E-state index contributed by atoms with van der Waals surface area (Å²) in [6, 6.07) is 7.91. The van der Waals surface area contributed by atoms with Crippen molar-refractivity contribution in [2.24, 2.45) is 17.3 Å². The van der Waals surface area contributed by atoms with Crippen LogP contribution in [0.2, 0.25) is 0 Å². The molecule has 0 aromatic heterocycles. The highest BCUT2D eigenvalue weighted by molar-refractivity contribution is 5.39. The fourth-order valence-electron chi connectivity index (χ4n) is 7.06. The van der Waals surface area contributed by atoms with E-state index in [-0.39, 0.29) is 0 Å². The van der Waals surface area contributed by atoms with Crippen LogP contribution in [0.15, 0.2) is 18.2 Å². The minimum Gasteiger partial charge on any atom is -0.492 e. The van der Waals surface area contributed by atoms with Crippen LogP contribution in [-0.4, -0.2) is 50.3 Å². The van der Waals surface area contributed by atoms with Gasteiger partial charge >= 0.3 is 0 Å². The van der Waals surface area contributed by atoms with Gasteiger partial charge in [-0.25, -0.2) is 0 Å². The molecule has 2 saturated heterocycles. The third kappa shape index (κ3) is 3.09. The van der Waals surface area contributed by atoms with E-state index in [2.05, 4.69) is 33.7 Å². The number of likely N-dealkylation sites (tertiary alicyclic amines) is 1. The van der Waals surface area contributed by atoms with Crippen molar-refractivity contribution in [2.45, 2.75) is 57.0 Å². The normalized spacial score (nSPS) is 35.1. The average molecular weight is 382 g/mol.